The first-order valence-electron chi connectivity index (χ1n) is 6.73. The molecule has 20 heavy (non-hydrogen) atoms. The molecule has 1 N–H and O–H groups in total. The van der Waals surface area contributed by atoms with Gasteiger partial charge in [-0.05, 0) is 29.7 Å². The van der Waals surface area contributed by atoms with Crippen molar-refractivity contribution < 1.29 is 14.2 Å². The minimum Gasteiger partial charge on any atom is -0.497 e. The van der Waals surface area contributed by atoms with E-state index in [1.807, 2.05) is 24.3 Å². The van der Waals surface area contributed by atoms with Crippen LogP contribution in [0.25, 0.3) is 0 Å². The highest BCUT2D eigenvalue weighted by atomic mass is 19.1. The number of benzene rings is 2. The van der Waals surface area contributed by atoms with Crippen molar-refractivity contribution in [2.75, 3.05) is 7.11 Å². The number of aryl methyl sites for hydroxylation is 1. The Bertz CT molecular complexity index is 564. The Morgan fingerprint density at radius 2 is 1.75 bits per heavy atom. The molecular weight excluding hydrogens is 255 g/mol. The average molecular weight is 274 g/mol. The predicted octanol–water partition coefficient (Wildman–Crippen LogP) is 3.67. The first-order chi connectivity index (χ1) is 9.63. The molecule has 3 heteroatoms. The average Bonchev–Trinajstić information content (AvgIpc) is 2.47. The Hall–Kier alpha value is -1.87. The monoisotopic (exact) mass is 274 g/mol. The molecule has 0 aliphatic carbocycles. The van der Waals surface area contributed by atoms with Crippen LogP contribution in [0.3, 0.4) is 0 Å². The minimum absolute atomic E-state index is 0.297. The Balaban J connectivity index is 2.12. The maximum absolute atomic E-state index is 13.9. The molecule has 1 unspecified atom stereocenters. The van der Waals surface area contributed by atoms with Crippen molar-refractivity contribution in [2.24, 2.45) is 0 Å². The summed E-state index contributed by atoms with van der Waals surface area (Å²) in [5, 5.41) is 10.2. The van der Waals surface area contributed by atoms with Gasteiger partial charge in [-0.25, -0.2) is 4.39 Å². The molecule has 1 atom stereocenters. The van der Waals surface area contributed by atoms with Gasteiger partial charge in [-0.15, -0.1) is 0 Å². The first kappa shape index (κ1) is 14.5. The number of ether oxygens (including phenoxy) is 1. The van der Waals surface area contributed by atoms with E-state index in [0.29, 0.717) is 17.7 Å². The minimum atomic E-state index is -0.853. The summed E-state index contributed by atoms with van der Waals surface area (Å²) >= 11 is 0. The lowest BCUT2D eigenvalue weighted by molar-refractivity contribution is 0.173. The highest BCUT2D eigenvalue weighted by molar-refractivity contribution is 5.31. The number of methoxy groups -OCH3 is 1. The summed E-state index contributed by atoms with van der Waals surface area (Å²) in [6.45, 7) is 2.09. The third kappa shape index (κ3) is 3.36. The molecule has 0 radical (unpaired) electrons. The van der Waals surface area contributed by atoms with E-state index >= 15 is 0 Å². The van der Waals surface area contributed by atoms with Gasteiger partial charge in [0.15, 0.2) is 0 Å². The SMILES string of the molecule is CCc1ccc(CC(O)c2ccc(OC)cc2F)cc1. The fourth-order valence-electron chi connectivity index (χ4n) is 2.15. The molecule has 106 valence electrons. The van der Waals surface area contributed by atoms with Gasteiger partial charge in [-0.3, -0.25) is 0 Å². The molecule has 0 spiro atoms. The van der Waals surface area contributed by atoms with Crippen LogP contribution in [0, 0.1) is 5.82 Å². The molecule has 0 aliphatic heterocycles. The fourth-order valence-corrected chi connectivity index (χ4v) is 2.15. The van der Waals surface area contributed by atoms with Crippen LogP contribution in [0.2, 0.25) is 0 Å². The summed E-state index contributed by atoms with van der Waals surface area (Å²) in [5.74, 6) is 0.00720. The lowest BCUT2D eigenvalue weighted by Gasteiger charge is -2.13. The summed E-state index contributed by atoms with van der Waals surface area (Å²) in [4.78, 5) is 0. The van der Waals surface area contributed by atoms with Crippen LogP contribution in [0.4, 0.5) is 4.39 Å². The summed E-state index contributed by atoms with van der Waals surface area (Å²) in [6, 6.07) is 12.5. The van der Waals surface area contributed by atoms with E-state index in [4.69, 9.17) is 4.74 Å². The van der Waals surface area contributed by atoms with Gasteiger partial charge in [0.05, 0.1) is 13.2 Å². The Morgan fingerprint density at radius 1 is 1.10 bits per heavy atom. The van der Waals surface area contributed by atoms with Crippen LogP contribution < -0.4 is 4.74 Å². The van der Waals surface area contributed by atoms with Crippen molar-refractivity contribution in [2.45, 2.75) is 25.9 Å². The smallest absolute Gasteiger partial charge is 0.132 e. The zero-order valence-corrected chi connectivity index (χ0v) is 11.8. The second-order valence-electron chi connectivity index (χ2n) is 4.78. The molecule has 0 amide bonds. The Morgan fingerprint density at radius 3 is 2.30 bits per heavy atom. The summed E-state index contributed by atoms with van der Waals surface area (Å²) in [7, 11) is 1.49. The van der Waals surface area contributed by atoms with Crippen LogP contribution in [0.1, 0.15) is 29.7 Å². The van der Waals surface area contributed by atoms with Crippen LogP contribution in [0.5, 0.6) is 5.75 Å². The standard InChI is InChI=1S/C17H19FO2/c1-3-12-4-6-13(7-5-12)10-17(19)15-9-8-14(20-2)11-16(15)18/h4-9,11,17,19H,3,10H2,1-2H3. The van der Waals surface area contributed by atoms with Crippen molar-refractivity contribution in [1.82, 2.24) is 0 Å². The van der Waals surface area contributed by atoms with Gasteiger partial charge in [0.2, 0.25) is 0 Å². The second-order valence-corrected chi connectivity index (χ2v) is 4.78. The van der Waals surface area contributed by atoms with Gasteiger partial charge >= 0.3 is 0 Å². The van der Waals surface area contributed by atoms with Crippen molar-refractivity contribution >= 4 is 0 Å². The van der Waals surface area contributed by atoms with Gasteiger partial charge in [-0.2, -0.15) is 0 Å². The van der Waals surface area contributed by atoms with Crippen molar-refractivity contribution in [3.63, 3.8) is 0 Å². The zero-order chi connectivity index (χ0) is 14.5. The number of aliphatic hydroxyl groups is 1. The number of aliphatic hydroxyl groups excluding tert-OH is 1. The number of hydrogen-bond acceptors (Lipinski definition) is 2. The molecule has 2 rings (SSSR count). The lowest BCUT2D eigenvalue weighted by Crippen LogP contribution is -2.04. The molecule has 0 saturated carbocycles. The fraction of sp³-hybridized carbons (Fsp3) is 0.294. The van der Waals surface area contributed by atoms with Crippen LogP contribution in [0.15, 0.2) is 42.5 Å². The highest BCUT2D eigenvalue weighted by Gasteiger charge is 2.14. The van der Waals surface area contributed by atoms with Crippen LogP contribution >= 0.6 is 0 Å². The first-order valence-corrected chi connectivity index (χ1v) is 6.73. The molecule has 0 saturated heterocycles. The van der Waals surface area contributed by atoms with E-state index in [-0.39, 0.29) is 0 Å². The Labute approximate surface area is 118 Å². The van der Waals surface area contributed by atoms with Crippen molar-refractivity contribution in [1.29, 1.82) is 0 Å². The molecule has 0 aromatic heterocycles. The van der Waals surface area contributed by atoms with E-state index < -0.39 is 11.9 Å². The number of rotatable bonds is 5. The summed E-state index contributed by atoms with van der Waals surface area (Å²) in [5.41, 5.74) is 2.54. The summed E-state index contributed by atoms with van der Waals surface area (Å²) in [6.07, 6.45) is 0.525. The molecule has 0 heterocycles. The van der Waals surface area contributed by atoms with E-state index in [1.54, 1.807) is 12.1 Å². The Kier molecular flexibility index (Phi) is 4.74. The molecule has 0 aliphatic rings. The van der Waals surface area contributed by atoms with Crippen LogP contribution in [-0.2, 0) is 12.8 Å². The zero-order valence-electron chi connectivity index (χ0n) is 11.8. The lowest BCUT2D eigenvalue weighted by atomic mass is 9.99. The molecule has 0 bridgehead atoms. The summed E-state index contributed by atoms with van der Waals surface area (Å²) < 4.78 is 18.8. The maximum Gasteiger partial charge on any atom is 0.132 e. The van der Waals surface area contributed by atoms with Gasteiger partial charge in [0.1, 0.15) is 11.6 Å². The third-order valence-electron chi connectivity index (χ3n) is 3.43. The molecular formula is C17H19FO2. The van der Waals surface area contributed by atoms with E-state index in [0.717, 1.165) is 12.0 Å². The molecule has 2 aromatic carbocycles. The second kappa shape index (κ2) is 6.53. The molecule has 2 aromatic rings. The van der Waals surface area contributed by atoms with E-state index in [1.165, 1.54) is 18.7 Å². The topological polar surface area (TPSA) is 29.5 Å². The van der Waals surface area contributed by atoms with Gasteiger partial charge in [0, 0.05) is 18.1 Å². The van der Waals surface area contributed by atoms with Gasteiger partial charge < -0.3 is 9.84 Å². The largest absolute Gasteiger partial charge is 0.497 e. The predicted molar refractivity (Wildman–Crippen MR) is 77.4 cm³/mol. The van der Waals surface area contributed by atoms with Crippen molar-refractivity contribution in [3.8, 4) is 5.75 Å². The van der Waals surface area contributed by atoms with Gasteiger partial charge in [-0.1, -0.05) is 31.2 Å². The molecule has 2 nitrogen and oxygen atoms in total. The van der Waals surface area contributed by atoms with Crippen LogP contribution in [-0.4, -0.2) is 12.2 Å². The van der Waals surface area contributed by atoms with Gasteiger partial charge in [0.25, 0.3) is 0 Å². The van der Waals surface area contributed by atoms with E-state index in [2.05, 4.69) is 6.92 Å². The van der Waals surface area contributed by atoms with E-state index in [9.17, 15) is 9.50 Å². The number of hydrogen-bond donors (Lipinski definition) is 1. The molecule has 0 fully saturated rings. The third-order valence-corrected chi connectivity index (χ3v) is 3.43. The normalized spacial score (nSPS) is 12.2. The quantitative estimate of drug-likeness (QED) is 0.901. The maximum atomic E-state index is 13.9. The number of halogens is 1. The highest BCUT2D eigenvalue weighted by Crippen LogP contribution is 2.24. The van der Waals surface area contributed by atoms with Crippen molar-refractivity contribution in [3.05, 3.63) is 65.0 Å².